The quantitative estimate of drug-likeness (QED) is 0.0320. The fourth-order valence-electron chi connectivity index (χ4n) is 10.5. The van der Waals surface area contributed by atoms with Crippen molar-refractivity contribution in [2.45, 2.75) is 386 Å². The Hall–Kier alpha value is -1.40. The molecule has 0 aliphatic carbocycles. The van der Waals surface area contributed by atoms with Crippen molar-refractivity contribution in [2.24, 2.45) is 0 Å². The second-order valence-corrected chi connectivity index (χ2v) is 22.8. The molecule has 0 rings (SSSR count). The van der Waals surface area contributed by atoms with Crippen LogP contribution in [0.1, 0.15) is 373 Å². The molecule has 0 aromatic heterocycles. The van der Waals surface area contributed by atoms with Gasteiger partial charge in [0.1, 0.15) is 0 Å². The highest BCUT2D eigenvalue weighted by molar-refractivity contribution is 5.76. The lowest BCUT2D eigenvalue weighted by atomic mass is 10.0. The fourth-order valence-corrected chi connectivity index (χ4v) is 10.5. The molecular weight excluding hydrogens is 887 g/mol. The van der Waals surface area contributed by atoms with Gasteiger partial charge in [-0.15, -0.1) is 0 Å². The molecule has 2 unspecified atom stereocenters. The maximum atomic E-state index is 12.5. The third-order valence-corrected chi connectivity index (χ3v) is 15.6. The van der Waals surface area contributed by atoms with E-state index in [0.717, 1.165) is 44.9 Å². The molecule has 1 amide bonds. The maximum Gasteiger partial charge on any atom is 0.305 e. The van der Waals surface area contributed by atoms with Gasteiger partial charge in [-0.05, 0) is 51.4 Å². The van der Waals surface area contributed by atoms with Crippen LogP contribution in [0.15, 0.2) is 12.2 Å². The molecule has 0 fully saturated rings. The Bertz CT molecular complexity index is 1080. The van der Waals surface area contributed by atoms with Crippen LogP contribution >= 0.6 is 0 Å². The number of allylic oxidation sites excluding steroid dienone is 2. The van der Waals surface area contributed by atoms with Crippen LogP contribution in [0.25, 0.3) is 0 Å². The number of carbonyl (C=O) groups is 2. The van der Waals surface area contributed by atoms with Crippen molar-refractivity contribution in [1.29, 1.82) is 0 Å². The zero-order chi connectivity index (χ0) is 52.2. The number of hydrogen-bond acceptors (Lipinski definition) is 5. The minimum absolute atomic E-state index is 0.0101. The molecule has 0 aliphatic rings. The number of ether oxygens (including phenoxy) is 1. The number of aliphatic hydroxyl groups is 2. The van der Waals surface area contributed by atoms with E-state index in [4.69, 9.17) is 4.74 Å². The Morgan fingerprint density at radius 1 is 0.375 bits per heavy atom. The third kappa shape index (κ3) is 57.9. The molecule has 0 aromatic rings. The molecule has 0 aliphatic heterocycles. The van der Waals surface area contributed by atoms with Gasteiger partial charge in [-0.1, -0.05) is 321 Å². The number of esters is 1. The highest BCUT2D eigenvalue weighted by atomic mass is 16.5. The SMILES string of the molecule is CCCCCCCCC/C=C\CCCCCCCCCC(=O)OCCCCCCCCCCCCCCCCCCCCCCCC(=O)NC(CO)C(O)CCCCCCCCCCCCCCCCCC. The fraction of sp³-hybridized carbons (Fsp3) is 0.939. The first kappa shape index (κ1) is 70.6. The van der Waals surface area contributed by atoms with Crippen LogP contribution in [-0.4, -0.2) is 47.4 Å². The molecule has 6 nitrogen and oxygen atoms in total. The van der Waals surface area contributed by atoms with Gasteiger partial charge in [0.2, 0.25) is 5.91 Å². The zero-order valence-corrected chi connectivity index (χ0v) is 48.9. The first-order valence-corrected chi connectivity index (χ1v) is 32.9. The number of unbranched alkanes of at least 4 members (excludes halogenated alkanes) is 49. The predicted octanol–water partition coefficient (Wildman–Crippen LogP) is 20.8. The maximum absolute atomic E-state index is 12.5. The Morgan fingerprint density at radius 2 is 0.653 bits per heavy atom. The van der Waals surface area contributed by atoms with Gasteiger partial charge in [0.05, 0.1) is 25.4 Å². The summed E-state index contributed by atoms with van der Waals surface area (Å²) in [5, 5.41) is 23.3. The van der Waals surface area contributed by atoms with Crippen molar-refractivity contribution in [3.05, 3.63) is 12.2 Å². The summed E-state index contributed by atoms with van der Waals surface area (Å²) in [5.74, 6) is -0.0226. The Morgan fingerprint density at radius 3 is 0.986 bits per heavy atom. The summed E-state index contributed by atoms with van der Waals surface area (Å²) in [5.41, 5.74) is 0. The standard InChI is InChI=1S/C66H129NO5/c1-3-5-7-9-11-13-15-17-19-21-28-32-36-40-44-48-52-56-60-66(71)72-61-57-53-49-45-41-37-33-29-26-24-22-23-25-27-31-35-39-43-47-51-55-59-65(70)67-63(62-68)64(69)58-54-50-46-42-38-34-30-20-18-16-14-12-10-8-6-4-2/h19,21,63-64,68-69H,3-18,20,22-62H2,1-2H3,(H,67,70)/b21-19-. The summed E-state index contributed by atoms with van der Waals surface area (Å²) < 4.78 is 5.50. The summed E-state index contributed by atoms with van der Waals surface area (Å²) in [6.07, 6.45) is 75.2. The topological polar surface area (TPSA) is 95.9 Å². The average molecular weight is 1020 g/mol. The first-order chi connectivity index (χ1) is 35.5. The molecule has 0 spiro atoms. The molecule has 0 bridgehead atoms. The zero-order valence-electron chi connectivity index (χ0n) is 48.9. The van der Waals surface area contributed by atoms with E-state index in [1.807, 2.05) is 0 Å². The van der Waals surface area contributed by atoms with E-state index in [-0.39, 0.29) is 18.5 Å². The highest BCUT2D eigenvalue weighted by Crippen LogP contribution is 2.18. The van der Waals surface area contributed by atoms with E-state index < -0.39 is 12.1 Å². The first-order valence-electron chi connectivity index (χ1n) is 32.9. The van der Waals surface area contributed by atoms with Crippen molar-refractivity contribution in [2.75, 3.05) is 13.2 Å². The summed E-state index contributed by atoms with van der Waals surface area (Å²) in [6, 6.07) is -0.542. The van der Waals surface area contributed by atoms with Crippen LogP contribution in [-0.2, 0) is 14.3 Å². The van der Waals surface area contributed by atoms with Crippen LogP contribution in [0.5, 0.6) is 0 Å². The van der Waals surface area contributed by atoms with Crippen molar-refractivity contribution >= 4 is 11.9 Å². The minimum atomic E-state index is -0.664. The van der Waals surface area contributed by atoms with Crippen molar-refractivity contribution in [1.82, 2.24) is 5.32 Å². The van der Waals surface area contributed by atoms with Crippen LogP contribution in [0.2, 0.25) is 0 Å². The number of rotatable bonds is 62. The van der Waals surface area contributed by atoms with Crippen LogP contribution in [0.3, 0.4) is 0 Å². The van der Waals surface area contributed by atoms with Gasteiger partial charge in [-0.3, -0.25) is 9.59 Å². The van der Waals surface area contributed by atoms with Gasteiger partial charge in [-0.2, -0.15) is 0 Å². The lowest BCUT2D eigenvalue weighted by molar-refractivity contribution is -0.143. The number of carbonyl (C=O) groups excluding carboxylic acids is 2. The summed E-state index contributed by atoms with van der Waals surface area (Å²) in [6.45, 7) is 4.98. The molecule has 0 saturated heterocycles. The van der Waals surface area contributed by atoms with Crippen LogP contribution in [0.4, 0.5) is 0 Å². The molecule has 6 heteroatoms. The number of nitrogens with one attached hydrogen (secondary N) is 1. The van der Waals surface area contributed by atoms with E-state index in [0.29, 0.717) is 25.9 Å². The Kier molecular flexibility index (Phi) is 60.9. The molecule has 0 saturated carbocycles. The average Bonchev–Trinajstić information content (AvgIpc) is 3.38. The van der Waals surface area contributed by atoms with E-state index in [1.54, 1.807) is 0 Å². The van der Waals surface area contributed by atoms with Crippen LogP contribution in [0, 0.1) is 0 Å². The molecule has 0 radical (unpaired) electrons. The molecule has 428 valence electrons. The predicted molar refractivity (Wildman–Crippen MR) is 315 cm³/mol. The lowest BCUT2D eigenvalue weighted by Gasteiger charge is -2.22. The molecular formula is C66H129NO5. The molecule has 3 N–H and O–H groups in total. The summed E-state index contributed by atoms with van der Waals surface area (Å²) in [7, 11) is 0. The van der Waals surface area contributed by atoms with E-state index in [1.165, 1.54) is 295 Å². The van der Waals surface area contributed by atoms with Gasteiger partial charge in [-0.25, -0.2) is 0 Å². The molecule has 72 heavy (non-hydrogen) atoms. The molecule has 0 heterocycles. The number of amides is 1. The van der Waals surface area contributed by atoms with Gasteiger partial charge in [0.25, 0.3) is 0 Å². The van der Waals surface area contributed by atoms with Gasteiger partial charge < -0.3 is 20.3 Å². The Balaban J connectivity index is 3.36. The second-order valence-electron chi connectivity index (χ2n) is 22.8. The van der Waals surface area contributed by atoms with Gasteiger partial charge >= 0.3 is 5.97 Å². The molecule has 0 aromatic carbocycles. The monoisotopic (exact) mass is 1020 g/mol. The van der Waals surface area contributed by atoms with E-state index in [2.05, 4.69) is 31.3 Å². The van der Waals surface area contributed by atoms with Crippen molar-refractivity contribution in [3.63, 3.8) is 0 Å². The number of hydrogen-bond donors (Lipinski definition) is 3. The summed E-state index contributed by atoms with van der Waals surface area (Å²) in [4.78, 5) is 24.6. The number of aliphatic hydroxyl groups excluding tert-OH is 2. The second kappa shape index (κ2) is 62.1. The lowest BCUT2D eigenvalue weighted by Crippen LogP contribution is -2.45. The molecule has 2 atom stereocenters. The van der Waals surface area contributed by atoms with Gasteiger partial charge in [0, 0.05) is 12.8 Å². The van der Waals surface area contributed by atoms with E-state index >= 15 is 0 Å². The summed E-state index contributed by atoms with van der Waals surface area (Å²) >= 11 is 0. The largest absolute Gasteiger partial charge is 0.466 e. The van der Waals surface area contributed by atoms with E-state index in [9.17, 15) is 19.8 Å². The Labute approximate surface area is 450 Å². The van der Waals surface area contributed by atoms with Gasteiger partial charge in [0.15, 0.2) is 0 Å². The minimum Gasteiger partial charge on any atom is -0.466 e. The van der Waals surface area contributed by atoms with Crippen molar-refractivity contribution < 1.29 is 24.5 Å². The van der Waals surface area contributed by atoms with Crippen molar-refractivity contribution in [3.8, 4) is 0 Å². The third-order valence-electron chi connectivity index (χ3n) is 15.6. The highest BCUT2D eigenvalue weighted by Gasteiger charge is 2.20. The smallest absolute Gasteiger partial charge is 0.305 e. The van der Waals surface area contributed by atoms with Crippen LogP contribution < -0.4 is 5.32 Å². The normalized spacial score (nSPS) is 12.6.